The Balaban J connectivity index is 2.38. The first-order chi connectivity index (χ1) is 9.67. The van der Waals surface area contributed by atoms with E-state index in [0.717, 1.165) is 22.2 Å². The van der Waals surface area contributed by atoms with E-state index in [4.69, 9.17) is 16.3 Å². The van der Waals surface area contributed by atoms with E-state index in [2.05, 4.69) is 47.1 Å². The van der Waals surface area contributed by atoms with Gasteiger partial charge in [-0.05, 0) is 30.2 Å². The monoisotopic (exact) mass is 352 g/mol. The first-order valence-electron chi connectivity index (χ1n) is 6.69. The lowest BCUT2D eigenvalue weighted by atomic mass is 9.89. The molecule has 20 heavy (non-hydrogen) atoms. The fourth-order valence-corrected chi connectivity index (χ4v) is 3.32. The molecule has 0 radical (unpaired) electrons. The molecule has 0 amide bonds. The molecule has 0 saturated carbocycles. The van der Waals surface area contributed by atoms with E-state index in [-0.39, 0.29) is 11.3 Å². The summed E-state index contributed by atoms with van der Waals surface area (Å²) in [4.78, 5) is 0. The van der Waals surface area contributed by atoms with Crippen molar-refractivity contribution in [3.8, 4) is 5.75 Å². The zero-order chi connectivity index (χ0) is 14.5. The summed E-state index contributed by atoms with van der Waals surface area (Å²) in [6, 6.07) is 16.4. The summed E-state index contributed by atoms with van der Waals surface area (Å²) in [5, 5.41) is -0.116. The Labute approximate surface area is 134 Å². The summed E-state index contributed by atoms with van der Waals surface area (Å²) in [5.41, 5.74) is 2.29. The maximum Gasteiger partial charge on any atom is 0.123 e. The van der Waals surface area contributed by atoms with Crippen molar-refractivity contribution in [3.05, 3.63) is 64.1 Å². The van der Waals surface area contributed by atoms with Gasteiger partial charge in [0.15, 0.2) is 0 Å². The fourth-order valence-electron chi connectivity index (χ4n) is 2.45. The number of hydrogen-bond acceptors (Lipinski definition) is 1. The zero-order valence-electron chi connectivity index (χ0n) is 11.6. The minimum Gasteiger partial charge on any atom is -0.496 e. The molecular weight excluding hydrogens is 336 g/mol. The van der Waals surface area contributed by atoms with Gasteiger partial charge in [0.25, 0.3) is 0 Å². The molecule has 2 aromatic carbocycles. The molecule has 2 unspecified atom stereocenters. The SMILES string of the molecule is CCC(c1ccccc1)C(Cl)c1cc(Br)ccc1OC. The van der Waals surface area contributed by atoms with Crippen molar-refractivity contribution in [1.29, 1.82) is 0 Å². The maximum absolute atomic E-state index is 6.76. The van der Waals surface area contributed by atoms with Crippen LogP contribution < -0.4 is 4.74 Å². The van der Waals surface area contributed by atoms with Gasteiger partial charge >= 0.3 is 0 Å². The smallest absolute Gasteiger partial charge is 0.123 e. The van der Waals surface area contributed by atoms with Gasteiger partial charge in [-0.15, -0.1) is 11.6 Å². The Bertz CT molecular complexity index is 556. The van der Waals surface area contributed by atoms with Crippen LogP contribution in [0.3, 0.4) is 0 Å². The molecule has 0 aliphatic carbocycles. The molecule has 106 valence electrons. The summed E-state index contributed by atoms with van der Waals surface area (Å²) in [6.07, 6.45) is 0.980. The van der Waals surface area contributed by atoms with E-state index >= 15 is 0 Å². The summed E-state index contributed by atoms with van der Waals surface area (Å²) >= 11 is 10.3. The number of halogens is 2. The van der Waals surface area contributed by atoms with Gasteiger partial charge in [0, 0.05) is 16.0 Å². The number of ether oxygens (including phenoxy) is 1. The maximum atomic E-state index is 6.76. The molecule has 2 atom stereocenters. The van der Waals surface area contributed by atoms with Crippen molar-refractivity contribution >= 4 is 27.5 Å². The van der Waals surface area contributed by atoms with Crippen molar-refractivity contribution < 1.29 is 4.74 Å². The summed E-state index contributed by atoms with van der Waals surface area (Å²) in [6.45, 7) is 2.16. The summed E-state index contributed by atoms with van der Waals surface area (Å²) in [5.74, 6) is 1.10. The van der Waals surface area contributed by atoms with Crippen LogP contribution in [0.25, 0.3) is 0 Å². The highest BCUT2D eigenvalue weighted by molar-refractivity contribution is 9.10. The van der Waals surface area contributed by atoms with E-state index in [1.807, 2.05) is 24.3 Å². The lowest BCUT2D eigenvalue weighted by Gasteiger charge is -2.23. The molecule has 0 aromatic heterocycles. The first-order valence-corrected chi connectivity index (χ1v) is 7.92. The minimum atomic E-state index is -0.116. The molecule has 0 aliphatic heterocycles. The Morgan fingerprint density at radius 1 is 1.15 bits per heavy atom. The number of benzene rings is 2. The molecule has 0 heterocycles. The van der Waals surface area contributed by atoms with Gasteiger partial charge < -0.3 is 4.74 Å². The molecule has 0 fully saturated rings. The van der Waals surface area contributed by atoms with Crippen LogP contribution >= 0.6 is 27.5 Å². The van der Waals surface area contributed by atoms with Crippen LogP contribution in [0.2, 0.25) is 0 Å². The van der Waals surface area contributed by atoms with Crippen LogP contribution in [0.4, 0.5) is 0 Å². The summed E-state index contributed by atoms with van der Waals surface area (Å²) < 4.78 is 6.46. The average molecular weight is 354 g/mol. The van der Waals surface area contributed by atoms with E-state index in [9.17, 15) is 0 Å². The molecule has 1 nitrogen and oxygen atoms in total. The van der Waals surface area contributed by atoms with Gasteiger partial charge in [0.2, 0.25) is 0 Å². The molecule has 0 aliphatic rings. The first kappa shape index (κ1) is 15.4. The van der Waals surface area contributed by atoms with E-state index in [0.29, 0.717) is 0 Å². The third-order valence-corrected chi connectivity index (χ3v) is 4.54. The fraction of sp³-hybridized carbons (Fsp3) is 0.294. The van der Waals surface area contributed by atoms with Crippen molar-refractivity contribution in [2.45, 2.75) is 24.6 Å². The van der Waals surface area contributed by atoms with Crippen LogP contribution in [0.5, 0.6) is 5.75 Å². The Hall–Kier alpha value is -0.990. The highest BCUT2D eigenvalue weighted by Gasteiger charge is 2.24. The quantitative estimate of drug-likeness (QED) is 0.605. The highest BCUT2D eigenvalue weighted by Crippen LogP contribution is 2.43. The number of rotatable bonds is 5. The Morgan fingerprint density at radius 2 is 1.85 bits per heavy atom. The van der Waals surface area contributed by atoms with Crippen molar-refractivity contribution in [2.75, 3.05) is 7.11 Å². The predicted molar refractivity (Wildman–Crippen MR) is 88.8 cm³/mol. The minimum absolute atomic E-state index is 0.116. The highest BCUT2D eigenvalue weighted by atomic mass is 79.9. The second-order valence-electron chi connectivity index (χ2n) is 4.71. The lowest BCUT2D eigenvalue weighted by molar-refractivity contribution is 0.406. The topological polar surface area (TPSA) is 9.23 Å². The van der Waals surface area contributed by atoms with Crippen molar-refractivity contribution in [2.24, 2.45) is 0 Å². The summed E-state index contributed by atoms with van der Waals surface area (Å²) in [7, 11) is 1.68. The third kappa shape index (κ3) is 3.36. The second-order valence-corrected chi connectivity index (χ2v) is 6.10. The number of alkyl halides is 1. The van der Waals surface area contributed by atoms with Crippen LogP contribution in [0.15, 0.2) is 53.0 Å². The number of hydrogen-bond donors (Lipinski definition) is 0. The number of methoxy groups -OCH3 is 1. The second kappa shape index (κ2) is 7.14. The van der Waals surface area contributed by atoms with Gasteiger partial charge in [-0.25, -0.2) is 0 Å². The Kier molecular flexibility index (Phi) is 5.50. The molecule has 2 aromatic rings. The van der Waals surface area contributed by atoms with Gasteiger partial charge in [-0.2, -0.15) is 0 Å². The van der Waals surface area contributed by atoms with Crippen LogP contribution in [-0.4, -0.2) is 7.11 Å². The molecule has 0 N–H and O–H groups in total. The van der Waals surface area contributed by atoms with Gasteiger partial charge in [0.05, 0.1) is 12.5 Å². The molecule has 2 rings (SSSR count). The normalized spacial score (nSPS) is 13.8. The zero-order valence-corrected chi connectivity index (χ0v) is 14.0. The van der Waals surface area contributed by atoms with Crippen LogP contribution in [-0.2, 0) is 0 Å². The molecule has 0 bridgehead atoms. The molecule has 0 spiro atoms. The van der Waals surface area contributed by atoms with E-state index in [1.165, 1.54) is 5.56 Å². The standard InChI is InChI=1S/C17H18BrClO/c1-3-14(12-7-5-4-6-8-12)17(19)15-11-13(18)9-10-16(15)20-2/h4-11,14,17H,3H2,1-2H3. The van der Waals surface area contributed by atoms with Gasteiger partial charge in [-0.3, -0.25) is 0 Å². The predicted octanol–water partition coefficient (Wildman–Crippen LogP) is 5.93. The van der Waals surface area contributed by atoms with Gasteiger partial charge in [-0.1, -0.05) is 53.2 Å². The van der Waals surface area contributed by atoms with E-state index in [1.54, 1.807) is 7.11 Å². The van der Waals surface area contributed by atoms with Crippen LogP contribution in [0.1, 0.15) is 35.8 Å². The molecule has 3 heteroatoms. The van der Waals surface area contributed by atoms with Crippen molar-refractivity contribution in [1.82, 2.24) is 0 Å². The van der Waals surface area contributed by atoms with Crippen LogP contribution in [0, 0.1) is 0 Å². The third-order valence-electron chi connectivity index (χ3n) is 3.51. The Morgan fingerprint density at radius 3 is 2.45 bits per heavy atom. The molecule has 0 saturated heterocycles. The van der Waals surface area contributed by atoms with Crippen molar-refractivity contribution in [3.63, 3.8) is 0 Å². The van der Waals surface area contributed by atoms with E-state index < -0.39 is 0 Å². The molecular formula is C17H18BrClO. The lowest BCUT2D eigenvalue weighted by Crippen LogP contribution is -2.07. The largest absolute Gasteiger partial charge is 0.496 e. The average Bonchev–Trinajstić information content (AvgIpc) is 2.49. The van der Waals surface area contributed by atoms with Gasteiger partial charge in [0.1, 0.15) is 5.75 Å².